The molecule has 2 aromatic heterocycles. The highest BCUT2D eigenvalue weighted by atomic mass is 127. The first-order valence-corrected chi connectivity index (χ1v) is 10.5. The molecule has 2 heterocycles. The number of halogens is 1. The number of nitrogens with one attached hydrogen (secondary N) is 2. The van der Waals surface area contributed by atoms with Crippen LogP contribution in [0.3, 0.4) is 0 Å². The highest BCUT2D eigenvalue weighted by Crippen LogP contribution is 2.10. The fourth-order valence-corrected chi connectivity index (χ4v) is 2.78. The lowest BCUT2D eigenvalue weighted by atomic mass is 10.3. The first-order chi connectivity index (χ1) is 15.3. The van der Waals surface area contributed by atoms with Gasteiger partial charge in [-0.2, -0.15) is 0 Å². The summed E-state index contributed by atoms with van der Waals surface area (Å²) in [4.78, 5) is 13.3. The minimum Gasteiger partial charge on any atom is -0.490 e. The molecule has 0 aliphatic carbocycles. The highest BCUT2D eigenvalue weighted by Gasteiger charge is 2.01. The Labute approximate surface area is 206 Å². The number of nitrogens with zero attached hydrogens (tertiary/aromatic N) is 3. The average Bonchev–Trinajstić information content (AvgIpc) is 2.82. The van der Waals surface area contributed by atoms with Crippen molar-refractivity contribution in [3.63, 3.8) is 0 Å². The van der Waals surface area contributed by atoms with E-state index in [0.717, 1.165) is 42.5 Å². The maximum atomic E-state index is 5.64. The molecule has 3 aromatic rings. The lowest BCUT2D eigenvalue weighted by molar-refractivity contribution is 0.212. The monoisotopic (exact) mass is 547 g/mol. The van der Waals surface area contributed by atoms with Crippen molar-refractivity contribution in [2.24, 2.45) is 4.99 Å². The molecule has 32 heavy (non-hydrogen) atoms. The predicted molar refractivity (Wildman–Crippen MR) is 138 cm³/mol. The number of guanidine groups is 1. The second-order valence-corrected chi connectivity index (χ2v) is 6.71. The summed E-state index contributed by atoms with van der Waals surface area (Å²) >= 11 is 0. The number of ether oxygens (including phenoxy) is 2. The van der Waals surface area contributed by atoms with Crippen molar-refractivity contribution in [1.29, 1.82) is 0 Å². The molecule has 0 saturated carbocycles. The van der Waals surface area contributed by atoms with Crippen molar-refractivity contribution in [2.45, 2.75) is 19.9 Å². The Balaban J connectivity index is 0.00000363. The maximum Gasteiger partial charge on any atom is 0.213 e. The first kappa shape index (κ1) is 25.4. The lowest BCUT2D eigenvalue weighted by Gasteiger charge is -2.11. The van der Waals surface area contributed by atoms with Gasteiger partial charge in [-0.3, -0.25) is 4.98 Å². The van der Waals surface area contributed by atoms with Gasteiger partial charge in [0.1, 0.15) is 19.0 Å². The standard InChI is InChI=1S/C24H29N5O2.HI/c1-2-25-24(27-15-13-21-8-6-7-14-26-21)29-19-20-11-12-23(28-18-20)31-17-16-30-22-9-4-3-5-10-22;/h3-12,14,18H,2,13,15-17,19H2,1H3,(H2,25,27,29);1H. The number of hydrogen-bond acceptors (Lipinski definition) is 5. The number of rotatable bonds is 11. The molecular formula is C24H30IN5O2. The van der Waals surface area contributed by atoms with Gasteiger partial charge in [0.05, 0.1) is 6.54 Å². The van der Waals surface area contributed by atoms with E-state index in [2.05, 4.69) is 25.6 Å². The van der Waals surface area contributed by atoms with E-state index < -0.39 is 0 Å². The van der Waals surface area contributed by atoms with Crippen LogP contribution in [0.25, 0.3) is 0 Å². The van der Waals surface area contributed by atoms with Gasteiger partial charge in [-0.15, -0.1) is 24.0 Å². The Morgan fingerprint density at radius 1 is 0.906 bits per heavy atom. The number of pyridine rings is 2. The minimum atomic E-state index is 0. The van der Waals surface area contributed by atoms with E-state index in [0.29, 0.717) is 25.6 Å². The Hall–Kier alpha value is -2.88. The van der Waals surface area contributed by atoms with Crippen molar-refractivity contribution in [2.75, 3.05) is 26.3 Å². The lowest BCUT2D eigenvalue weighted by Crippen LogP contribution is -2.38. The van der Waals surface area contributed by atoms with Crippen LogP contribution in [0.5, 0.6) is 11.6 Å². The van der Waals surface area contributed by atoms with Gasteiger partial charge in [-0.1, -0.05) is 30.3 Å². The van der Waals surface area contributed by atoms with Gasteiger partial charge in [-0.25, -0.2) is 9.98 Å². The Kier molecular flexibility index (Phi) is 11.9. The molecule has 0 aliphatic rings. The van der Waals surface area contributed by atoms with Crippen LogP contribution in [0, 0.1) is 0 Å². The zero-order valence-corrected chi connectivity index (χ0v) is 20.6. The molecule has 0 atom stereocenters. The molecule has 0 fully saturated rings. The third-order valence-corrected chi connectivity index (χ3v) is 4.31. The number of benzene rings is 1. The molecule has 170 valence electrons. The molecule has 0 saturated heterocycles. The van der Waals surface area contributed by atoms with Crippen molar-refractivity contribution in [1.82, 2.24) is 20.6 Å². The second-order valence-electron chi connectivity index (χ2n) is 6.71. The summed E-state index contributed by atoms with van der Waals surface area (Å²) in [5.74, 6) is 2.18. The maximum absolute atomic E-state index is 5.64. The number of hydrogen-bond donors (Lipinski definition) is 2. The van der Waals surface area contributed by atoms with Gasteiger partial charge in [0, 0.05) is 43.7 Å². The van der Waals surface area contributed by atoms with Crippen LogP contribution in [0.1, 0.15) is 18.2 Å². The minimum absolute atomic E-state index is 0. The molecule has 8 heteroatoms. The molecule has 1 aromatic carbocycles. The van der Waals surface area contributed by atoms with Crippen LogP contribution in [-0.2, 0) is 13.0 Å². The van der Waals surface area contributed by atoms with Crippen LogP contribution in [-0.4, -0.2) is 42.2 Å². The summed E-state index contributed by atoms with van der Waals surface area (Å²) in [7, 11) is 0. The molecule has 3 rings (SSSR count). The zero-order chi connectivity index (χ0) is 21.6. The molecule has 0 unspecified atom stereocenters. The molecule has 0 spiro atoms. The van der Waals surface area contributed by atoms with Gasteiger partial charge < -0.3 is 20.1 Å². The summed E-state index contributed by atoms with van der Waals surface area (Å²) < 4.78 is 11.3. The smallest absolute Gasteiger partial charge is 0.213 e. The topological polar surface area (TPSA) is 80.7 Å². The summed E-state index contributed by atoms with van der Waals surface area (Å²) in [5.41, 5.74) is 2.06. The molecule has 0 aliphatic heterocycles. The molecule has 0 bridgehead atoms. The third-order valence-electron chi connectivity index (χ3n) is 4.31. The molecule has 0 radical (unpaired) electrons. The van der Waals surface area contributed by atoms with Crippen LogP contribution in [0.4, 0.5) is 0 Å². The van der Waals surface area contributed by atoms with E-state index >= 15 is 0 Å². The quantitative estimate of drug-likeness (QED) is 0.164. The Morgan fingerprint density at radius 2 is 1.72 bits per heavy atom. The van der Waals surface area contributed by atoms with E-state index in [4.69, 9.17) is 9.47 Å². The van der Waals surface area contributed by atoms with E-state index in [-0.39, 0.29) is 24.0 Å². The van der Waals surface area contributed by atoms with E-state index in [1.807, 2.05) is 73.8 Å². The van der Waals surface area contributed by atoms with Gasteiger partial charge in [-0.05, 0) is 36.8 Å². The van der Waals surface area contributed by atoms with Crippen LogP contribution >= 0.6 is 24.0 Å². The van der Waals surface area contributed by atoms with Crippen LogP contribution in [0.2, 0.25) is 0 Å². The molecule has 7 nitrogen and oxygen atoms in total. The number of aliphatic imine (C=N–C) groups is 1. The second kappa shape index (κ2) is 15.0. The van der Waals surface area contributed by atoms with Crippen molar-refractivity contribution in [3.05, 3.63) is 84.3 Å². The van der Waals surface area contributed by atoms with Crippen LogP contribution < -0.4 is 20.1 Å². The van der Waals surface area contributed by atoms with E-state index in [9.17, 15) is 0 Å². The van der Waals surface area contributed by atoms with Crippen LogP contribution in [0.15, 0.2) is 78.0 Å². The predicted octanol–water partition coefficient (Wildman–Crippen LogP) is 3.85. The Bertz CT molecular complexity index is 909. The fourth-order valence-electron chi connectivity index (χ4n) is 2.78. The fraction of sp³-hybridized carbons (Fsp3) is 0.292. The van der Waals surface area contributed by atoms with Gasteiger partial charge in [0.25, 0.3) is 0 Å². The average molecular weight is 547 g/mol. The van der Waals surface area contributed by atoms with E-state index in [1.54, 1.807) is 6.20 Å². The Morgan fingerprint density at radius 3 is 2.44 bits per heavy atom. The normalized spacial score (nSPS) is 10.7. The summed E-state index contributed by atoms with van der Waals surface area (Å²) in [5, 5.41) is 6.60. The largest absolute Gasteiger partial charge is 0.490 e. The SMILES string of the molecule is CCNC(=NCc1ccc(OCCOc2ccccc2)nc1)NCCc1ccccn1.I. The first-order valence-electron chi connectivity index (χ1n) is 10.5. The van der Waals surface area contributed by atoms with Gasteiger partial charge in [0.2, 0.25) is 5.88 Å². The summed E-state index contributed by atoms with van der Waals surface area (Å²) in [6.45, 7) is 5.04. The van der Waals surface area contributed by atoms with Crippen molar-refractivity contribution < 1.29 is 9.47 Å². The molecular weight excluding hydrogens is 517 g/mol. The van der Waals surface area contributed by atoms with E-state index in [1.165, 1.54) is 0 Å². The number of aromatic nitrogens is 2. The van der Waals surface area contributed by atoms with Crippen molar-refractivity contribution in [3.8, 4) is 11.6 Å². The van der Waals surface area contributed by atoms with Gasteiger partial charge in [0.15, 0.2) is 5.96 Å². The molecule has 0 amide bonds. The summed E-state index contributed by atoms with van der Waals surface area (Å²) in [6.07, 6.45) is 4.44. The zero-order valence-electron chi connectivity index (χ0n) is 18.2. The van der Waals surface area contributed by atoms with Crippen molar-refractivity contribution >= 4 is 29.9 Å². The number of para-hydroxylation sites is 1. The highest BCUT2D eigenvalue weighted by molar-refractivity contribution is 14.0. The molecule has 2 N–H and O–H groups in total. The third kappa shape index (κ3) is 9.51. The van der Waals surface area contributed by atoms with Gasteiger partial charge >= 0.3 is 0 Å². The summed E-state index contributed by atoms with van der Waals surface area (Å²) in [6, 6.07) is 19.4.